The summed E-state index contributed by atoms with van der Waals surface area (Å²) in [4.78, 5) is 38.9. The van der Waals surface area contributed by atoms with Gasteiger partial charge in [-0.15, -0.1) is 11.8 Å². The second-order valence-corrected chi connectivity index (χ2v) is 12.6. The molecule has 0 amide bonds. The van der Waals surface area contributed by atoms with Crippen molar-refractivity contribution < 1.29 is 19.8 Å². The van der Waals surface area contributed by atoms with Crippen molar-refractivity contribution in [2.24, 2.45) is 28.6 Å². The van der Waals surface area contributed by atoms with Crippen molar-refractivity contribution in [2.45, 2.75) is 82.1 Å². The number of nitrogens with zero attached hydrogens (tertiary/aromatic N) is 4. The lowest BCUT2D eigenvalue weighted by atomic mass is 9.45. The fourth-order valence-electron chi connectivity index (χ4n) is 8.56. The molecule has 7 atom stereocenters. The zero-order chi connectivity index (χ0) is 25.5. The first-order chi connectivity index (χ1) is 17.1. The number of aliphatic hydroxyl groups excluding tert-OH is 1. The van der Waals surface area contributed by atoms with Gasteiger partial charge in [0.15, 0.2) is 17.2 Å². The van der Waals surface area contributed by atoms with Crippen LogP contribution >= 0.6 is 11.8 Å². The minimum Gasteiger partial charge on any atom is -0.393 e. The first-order valence-electron chi connectivity index (χ1n) is 13.0. The van der Waals surface area contributed by atoms with Crippen LogP contribution in [0.4, 0.5) is 0 Å². The number of imidazole rings is 1. The highest BCUT2D eigenvalue weighted by atomic mass is 32.2. The fraction of sp³-hybridized carbons (Fsp3) is 0.667. The highest BCUT2D eigenvalue weighted by Crippen LogP contribution is 2.67. The van der Waals surface area contributed by atoms with Crippen LogP contribution in [0, 0.1) is 28.6 Å². The van der Waals surface area contributed by atoms with E-state index in [2.05, 4.69) is 21.9 Å². The molecule has 8 nitrogen and oxygen atoms in total. The van der Waals surface area contributed by atoms with E-state index in [0.717, 1.165) is 30.7 Å². The molecule has 0 spiro atoms. The van der Waals surface area contributed by atoms with Gasteiger partial charge in [0.25, 0.3) is 0 Å². The molecule has 2 aromatic heterocycles. The Bertz CT molecular complexity index is 1290. The molecule has 2 N–H and O–H groups in total. The van der Waals surface area contributed by atoms with E-state index >= 15 is 0 Å². The van der Waals surface area contributed by atoms with Gasteiger partial charge in [0.05, 0.1) is 19.0 Å². The Kier molecular flexibility index (Phi) is 5.52. The van der Waals surface area contributed by atoms with Crippen LogP contribution in [-0.4, -0.2) is 59.3 Å². The molecule has 36 heavy (non-hydrogen) atoms. The second-order valence-electron chi connectivity index (χ2n) is 11.8. The number of rotatable bonds is 4. The first kappa shape index (κ1) is 24.2. The second kappa shape index (κ2) is 8.20. The molecule has 3 fully saturated rings. The van der Waals surface area contributed by atoms with Crippen LogP contribution in [-0.2, 0) is 16.1 Å². The molecule has 0 aromatic carbocycles. The van der Waals surface area contributed by atoms with Crippen molar-refractivity contribution in [3.05, 3.63) is 24.3 Å². The molecule has 0 aliphatic heterocycles. The third kappa shape index (κ3) is 3.18. The zero-order valence-corrected chi connectivity index (χ0v) is 21.9. The summed E-state index contributed by atoms with van der Waals surface area (Å²) < 4.78 is 1.70. The van der Waals surface area contributed by atoms with Crippen LogP contribution < -0.4 is 0 Å². The Hall–Kier alpha value is -2.10. The van der Waals surface area contributed by atoms with E-state index in [1.807, 2.05) is 19.3 Å². The van der Waals surface area contributed by atoms with E-state index < -0.39 is 17.1 Å². The Morgan fingerprint density at radius 3 is 2.78 bits per heavy atom. The van der Waals surface area contributed by atoms with Gasteiger partial charge in [-0.05, 0) is 74.0 Å². The number of ketones is 2. The first-order valence-corrected chi connectivity index (χ1v) is 14.2. The monoisotopic (exact) mass is 510 g/mol. The zero-order valence-electron chi connectivity index (χ0n) is 21.1. The van der Waals surface area contributed by atoms with Gasteiger partial charge >= 0.3 is 0 Å². The summed E-state index contributed by atoms with van der Waals surface area (Å²) >= 11 is 1.48. The van der Waals surface area contributed by atoms with Gasteiger partial charge in [0, 0.05) is 11.8 Å². The predicted molar refractivity (Wildman–Crippen MR) is 135 cm³/mol. The van der Waals surface area contributed by atoms with Crippen molar-refractivity contribution in [3.8, 4) is 0 Å². The Balaban J connectivity index is 1.31. The van der Waals surface area contributed by atoms with Crippen LogP contribution in [0.3, 0.4) is 0 Å². The van der Waals surface area contributed by atoms with E-state index in [-0.39, 0.29) is 41.3 Å². The lowest BCUT2D eigenvalue weighted by molar-refractivity contribution is -0.181. The number of carbonyl (C=O) groups excluding carboxylic acids is 2. The number of Topliss-reactive ketones (excluding diaryl/α,β-unsaturated/α-hetero) is 1. The van der Waals surface area contributed by atoms with E-state index in [0.29, 0.717) is 30.4 Å². The van der Waals surface area contributed by atoms with Crippen LogP contribution in [0.15, 0.2) is 29.3 Å². The van der Waals surface area contributed by atoms with Crippen molar-refractivity contribution in [1.82, 2.24) is 19.5 Å². The average Bonchev–Trinajstić information content (AvgIpc) is 3.38. The molecule has 7 unspecified atom stereocenters. The topological polar surface area (TPSA) is 118 Å². The molecule has 0 bridgehead atoms. The summed E-state index contributed by atoms with van der Waals surface area (Å²) in [6.07, 6.45) is 10.8. The van der Waals surface area contributed by atoms with E-state index in [4.69, 9.17) is 0 Å². The number of carbonyl (C=O) groups is 2. The third-order valence-electron chi connectivity index (χ3n) is 10.4. The van der Waals surface area contributed by atoms with Gasteiger partial charge in [0.1, 0.15) is 22.5 Å². The minimum atomic E-state index is -1.52. The molecule has 9 heteroatoms. The average molecular weight is 511 g/mol. The van der Waals surface area contributed by atoms with Crippen molar-refractivity contribution in [1.29, 1.82) is 0 Å². The van der Waals surface area contributed by atoms with Crippen LogP contribution in [0.1, 0.15) is 58.8 Å². The quantitative estimate of drug-likeness (QED) is 0.475. The van der Waals surface area contributed by atoms with Gasteiger partial charge in [0.2, 0.25) is 0 Å². The molecule has 4 aliphatic rings. The minimum absolute atomic E-state index is 0.0168. The summed E-state index contributed by atoms with van der Waals surface area (Å²) in [5, 5.41) is 24.4. The van der Waals surface area contributed by atoms with Crippen LogP contribution in [0.2, 0.25) is 0 Å². The summed E-state index contributed by atoms with van der Waals surface area (Å²) in [5.74, 6) is 0.384. The molecule has 0 saturated heterocycles. The van der Waals surface area contributed by atoms with Crippen molar-refractivity contribution in [2.75, 3.05) is 6.26 Å². The number of thioether (sulfide) groups is 1. The Labute approximate surface area is 215 Å². The molecule has 2 aromatic rings. The maximum Gasteiger partial charge on any atom is 0.184 e. The van der Waals surface area contributed by atoms with Crippen molar-refractivity contribution >= 4 is 34.5 Å². The van der Waals surface area contributed by atoms with Crippen LogP contribution in [0.5, 0.6) is 0 Å². The molecule has 6 rings (SSSR count). The van der Waals surface area contributed by atoms with Gasteiger partial charge in [-0.25, -0.2) is 15.0 Å². The number of aromatic nitrogens is 4. The molecule has 2 heterocycles. The number of allylic oxidation sites excluding steroid dienone is 1. The smallest absolute Gasteiger partial charge is 0.184 e. The third-order valence-corrected chi connectivity index (χ3v) is 11.1. The largest absolute Gasteiger partial charge is 0.393 e. The van der Waals surface area contributed by atoms with Crippen LogP contribution in [0.25, 0.3) is 11.2 Å². The summed E-state index contributed by atoms with van der Waals surface area (Å²) in [6.45, 7) is 4.21. The lowest BCUT2D eigenvalue weighted by Crippen LogP contribution is -2.62. The summed E-state index contributed by atoms with van der Waals surface area (Å²) in [6, 6.07) is 0. The number of hydrogen-bond donors (Lipinski definition) is 2. The highest BCUT2D eigenvalue weighted by molar-refractivity contribution is 7.98. The number of hydrogen-bond acceptors (Lipinski definition) is 8. The molecule has 3 saturated carbocycles. The standard InChI is InChI=1S/C27H34N4O4S/c1-25-8-6-16(32)10-15(25)4-5-17-18-7-9-27(35,26(18,2)11-19(33)21(17)25)20(34)12-31-14-30-22-23(31)28-13-29-24(22)36-3/h10,13-14,17-19,21,33,35H,4-9,11-12H2,1-3H3. The SMILES string of the molecule is CSc1ncnc2c1ncn2CC(=O)C1(O)CCC2C3CCC4=CC(=O)CCC4(C)C3C(O)CC21C. The number of aliphatic hydroxyl groups is 2. The molecular weight excluding hydrogens is 476 g/mol. The molecular formula is C27H34N4O4S. The molecule has 4 aliphatic carbocycles. The Morgan fingerprint density at radius 2 is 2.00 bits per heavy atom. The van der Waals surface area contributed by atoms with E-state index in [9.17, 15) is 19.8 Å². The van der Waals surface area contributed by atoms with Crippen molar-refractivity contribution in [3.63, 3.8) is 0 Å². The molecule has 192 valence electrons. The predicted octanol–water partition coefficient (Wildman–Crippen LogP) is 3.35. The fourth-order valence-corrected chi connectivity index (χ4v) is 9.05. The van der Waals surface area contributed by atoms with Gasteiger partial charge in [-0.2, -0.15) is 0 Å². The molecule has 0 radical (unpaired) electrons. The van der Waals surface area contributed by atoms with E-state index in [1.54, 1.807) is 10.9 Å². The lowest BCUT2D eigenvalue weighted by Gasteiger charge is -2.60. The maximum absolute atomic E-state index is 13.8. The Morgan fingerprint density at radius 1 is 1.19 bits per heavy atom. The maximum atomic E-state index is 13.8. The summed E-state index contributed by atoms with van der Waals surface area (Å²) in [5.41, 5.74) is 0.0119. The van der Waals surface area contributed by atoms with Gasteiger partial charge < -0.3 is 14.8 Å². The van der Waals surface area contributed by atoms with E-state index in [1.165, 1.54) is 23.7 Å². The van der Waals surface area contributed by atoms with Gasteiger partial charge in [-0.3, -0.25) is 9.59 Å². The van der Waals surface area contributed by atoms with Gasteiger partial charge in [-0.1, -0.05) is 19.4 Å². The highest BCUT2D eigenvalue weighted by Gasteiger charge is 2.68. The summed E-state index contributed by atoms with van der Waals surface area (Å²) in [7, 11) is 0. The normalized spacial score (nSPS) is 39.9. The number of fused-ring (bicyclic) bond motifs is 6.